The van der Waals surface area contributed by atoms with E-state index in [0.717, 1.165) is 35.5 Å². The minimum Gasteiger partial charge on any atom is -0.497 e. The highest BCUT2D eigenvalue weighted by Gasteiger charge is 2.34. The number of hydrogen-bond acceptors (Lipinski definition) is 5. The van der Waals surface area contributed by atoms with Crippen LogP contribution in [0.4, 0.5) is 5.00 Å². The van der Waals surface area contributed by atoms with Crippen LogP contribution in [0, 0.1) is 12.3 Å². The van der Waals surface area contributed by atoms with E-state index in [1.54, 1.807) is 14.2 Å². The van der Waals surface area contributed by atoms with E-state index < -0.39 is 5.41 Å². The molecule has 2 amide bonds. The van der Waals surface area contributed by atoms with E-state index in [1.165, 1.54) is 11.3 Å². The number of rotatable bonds is 5. The van der Waals surface area contributed by atoms with Crippen molar-refractivity contribution in [2.24, 2.45) is 5.41 Å². The van der Waals surface area contributed by atoms with Gasteiger partial charge in [-0.2, -0.15) is 0 Å². The first-order valence-corrected chi connectivity index (χ1v) is 10.9. The van der Waals surface area contributed by atoms with Gasteiger partial charge >= 0.3 is 0 Å². The van der Waals surface area contributed by atoms with Gasteiger partial charge in [0.05, 0.1) is 30.1 Å². The van der Waals surface area contributed by atoms with E-state index in [0.29, 0.717) is 16.4 Å². The van der Waals surface area contributed by atoms with Crippen molar-refractivity contribution in [2.45, 2.75) is 46.6 Å². The molecular formula is C23H30N2O4S. The number of nitrogens with zero attached hydrogens (tertiary/aromatic N) is 1. The van der Waals surface area contributed by atoms with E-state index in [9.17, 15) is 9.59 Å². The van der Waals surface area contributed by atoms with Crippen LogP contribution < -0.4 is 14.8 Å². The molecule has 1 aromatic carbocycles. The number of likely N-dealkylation sites (tertiary alicyclic amines) is 1. The van der Waals surface area contributed by atoms with Crippen LogP contribution in [-0.2, 0) is 4.79 Å². The average molecular weight is 431 g/mol. The van der Waals surface area contributed by atoms with Crippen LogP contribution in [0.2, 0.25) is 0 Å². The summed E-state index contributed by atoms with van der Waals surface area (Å²) in [5, 5.41) is 3.64. The van der Waals surface area contributed by atoms with E-state index in [-0.39, 0.29) is 17.9 Å². The van der Waals surface area contributed by atoms with Crippen LogP contribution in [0.5, 0.6) is 11.5 Å². The van der Waals surface area contributed by atoms with Crippen LogP contribution in [0.1, 0.15) is 60.5 Å². The molecule has 30 heavy (non-hydrogen) atoms. The van der Waals surface area contributed by atoms with Crippen LogP contribution in [0.3, 0.4) is 0 Å². The second-order valence-electron chi connectivity index (χ2n) is 8.59. The molecule has 0 bridgehead atoms. The van der Waals surface area contributed by atoms with Crippen molar-refractivity contribution in [3.63, 3.8) is 0 Å². The lowest BCUT2D eigenvalue weighted by molar-refractivity contribution is -0.123. The number of ether oxygens (including phenoxy) is 2. The number of amides is 2. The van der Waals surface area contributed by atoms with E-state index in [2.05, 4.69) is 5.32 Å². The van der Waals surface area contributed by atoms with Crippen molar-refractivity contribution >= 4 is 28.2 Å². The Kier molecular flexibility index (Phi) is 6.41. The fourth-order valence-electron chi connectivity index (χ4n) is 3.62. The van der Waals surface area contributed by atoms with Gasteiger partial charge in [-0.1, -0.05) is 20.8 Å². The summed E-state index contributed by atoms with van der Waals surface area (Å²) in [4.78, 5) is 28.3. The van der Waals surface area contributed by atoms with E-state index in [4.69, 9.17) is 9.47 Å². The minimum atomic E-state index is -0.495. The van der Waals surface area contributed by atoms with Gasteiger partial charge < -0.3 is 19.7 Å². The van der Waals surface area contributed by atoms with Crippen LogP contribution in [0.15, 0.2) is 24.3 Å². The van der Waals surface area contributed by atoms with Crippen LogP contribution in [-0.4, -0.2) is 37.5 Å². The molecule has 0 saturated carbocycles. The van der Waals surface area contributed by atoms with Crippen molar-refractivity contribution in [3.8, 4) is 11.5 Å². The number of aryl methyl sites for hydroxylation is 1. The standard InChI is InChI=1S/C23H30N2O4S/c1-14-12-19(24-22(27)23(2,3)4)30-20(14)21(26)25-11-7-8-17(25)16-13-15(28-5)9-10-18(16)29-6/h9-10,12-13,17H,7-8,11H2,1-6H3,(H,24,27). The molecule has 0 radical (unpaired) electrons. The Morgan fingerprint density at radius 2 is 1.90 bits per heavy atom. The predicted molar refractivity (Wildman–Crippen MR) is 120 cm³/mol. The molecule has 1 aliphatic heterocycles. The lowest BCUT2D eigenvalue weighted by Crippen LogP contribution is -2.30. The zero-order valence-electron chi connectivity index (χ0n) is 18.5. The van der Waals surface area contributed by atoms with Crippen molar-refractivity contribution < 1.29 is 19.1 Å². The quantitative estimate of drug-likeness (QED) is 0.722. The molecular weight excluding hydrogens is 400 g/mol. The first-order valence-electron chi connectivity index (χ1n) is 10.1. The molecule has 162 valence electrons. The van der Waals surface area contributed by atoms with Crippen LogP contribution >= 0.6 is 11.3 Å². The molecule has 0 aliphatic carbocycles. The normalized spacial score (nSPS) is 16.5. The van der Waals surface area contributed by atoms with Gasteiger partial charge in [0.15, 0.2) is 0 Å². The zero-order chi connectivity index (χ0) is 22.1. The molecule has 1 aliphatic rings. The molecule has 1 unspecified atom stereocenters. The number of methoxy groups -OCH3 is 2. The summed E-state index contributed by atoms with van der Waals surface area (Å²) in [6.45, 7) is 8.19. The summed E-state index contributed by atoms with van der Waals surface area (Å²) < 4.78 is 10.9. The Morgan fingerprint density at radius 1 is 1.17 bits per heavy atom. The predicted octanol–water partition coefficient (Wildman–Crippen LogP) is 5.04. The molecule has 7 heteroatoms. The van der Waals surface area contributed by atoms with Gasteiger partial charge in [0.25, 0.3) is 5.91 Å². The Labute approximate surface area is 182 Å². The highest BCUT2D eigenvalue weighted by atomic mass is 32.1. The third-order valence-electron chi connectivity index (χ3n) is 5.34. The summed E-state index contributed by atoms with van der Waals surface area (Å²) in [5.74, 6) is 1.41. The molecule has 2 aromatic rings. The third kappa shape index (κ3) is 4.46. The smallest absolute Gasteiger partial charge is 0.264 e. The highest BCUT2D eigenvalue weighted by Crippen LogP contribution is 2.41. The maximum absolute atomic E-state index is 13.5. The SMILES string of the molecule is COc1ccc(OC)c(C2CCCN2C(=O)c2sc(NC(=O)C(C)(C)C)cc2C)c1. The number of nitrogens with one attached hydrogen (secondary N) is 1. The van der Waals surface area contributed by atoms with Crippen molar-refractivity contribution in [1.29, 1.82) is 0 Å². The number of thiophene rings is 1. The molecule has 1 atom stereocenters. The fourth-order valence-corrected chi connectivity index (χ4v) is 4.64. The lowest BCUT2D eigenvalue weighted by atomic mass is 9.96. The molecule has 1 saturated heterocycles. The third-order valence-corrected chi connectivity index (χ3v) is 6.48. The van der Waals surface area contributed by atoms with Gasteiger partial charge in [0, 0.05) is 17.5 Å². The van der Waals surface area contributed by atoms with E-state index >= 15 is 0 Å². The van der Waals surface area contributed by atoms with Crippen molar-refractivity contribution in [1.82, 2.24) is 4.90 Å². The van der Waals surface area contributed by atoms with Gasteiger partial charge in [0.1, 0.15) is 11.5 Å². The average Bonchev–Trinajstić information content (AvgIpc) is 3.32. The second-order valence-corrected chi connectivity index (χ2v) is 9.64. The lowest BCUT2D eigenvalue weighted by Gasteiger charge is -2.26. The largest absolute Gasteiger partial charge is 0.497 e. The zero-order valence-corrected chi connectivity index (χ0v) is 19.3. The molecule has 3 rings (SSSR count). The molecule has 6 nitrogen and oxygen atoms in total. The van der Waals surface area contributed by atoms with Gasteiger partial charge in [0.2, 0.25) is 5.91 Å². The maximum Gasteiger partial charge on any atom is 0.264 e. The van der Waals surface area contributed by atoms with Crippen LogP contribution in [0.25, 0.3) is 0 Å². The Hall–Kier alpha value is -2.54. The summed E-state index contributed by atoms with van der Waals surface area (Å²) in [6, 6.07) is 7.49. The van der Waals surface area contributed by atoms with Crippen molar-refractivity contribution in [3.05, 3.63) is 40.3 Å². The molecule has 0 spiro atoms. The molecule has 1 fully saturated rings. The molecule has 1 aromatic heterocycles. The topological polar surface area (TPSA) is 67.9 Å². The number of hydrogen-bond donors (Lipinski definition) is 1. The van der Waals surface area contributed by atoms with Gasteiger partial charge in [-0.05, 0) is 49.6 Å². The number of carbonyl (C=O) groups is 2. The summed E-state index contributed by atoms with van der Waals surface area (Å²) in [5.41, 5.74) is 1.33. The number of carbonyl (C=O) groups excluding carboxylic acids is 2. The summed E-state index contributed by atoms with van der Waals surface area (Å²) >= 11 is 1.33. The summed E-state index contributed by atoms with van der Waals surface area (Å²) in [6.07, 6.45) is 1.79. The van der Waals surface area contributed by atoms with Gasteiger partial charge in [-0.3, -0.25) is 9.59 Å². The Balaban J connectivity index is 1.88. The Morgan fingerprint density at radius 3 is 2.53 bits per heavy atom. The van der Waals surface area contributed by atoms with E-state index in [1.807, 2.05) is 56.9 Å². The highest BCUT2D eigenvalue weighted by molar-refractivity contribution is 7.18. The molecule has 1 N–H and O–H groups in total. The first-order chi connectivity index (χ1) is 14.2. The first kappa shape index (κ1) is 22.2. The van der Waals surface area contributed by atoms with Gasteiger partial charge in [-0.25, -0.2) is 0 Å². The fraction of sp³-hybridized carbons (Fsp3) is 0.478. The maximum atomic E-state index is 13.5. The number of benzene rings is 1. The minimum absolute atomic E-state index is 0.0128. The Bertz CT molecular complexity index is 945. The summed E-state index contributed by atoms with van der Waals surface area (Å²) in [7, 11) is 3.27. The second kappa shape index (κ2) is 8.68. The monoisotopic (exact) mass is 430 g/mol. The van der Waals surface area contributed by atoms with Crippen molar-refractivity contribution in [2.75, 3.05) is 26.1 Å². The van der Waals surface area contributed by atoms with Gasteiger partial charge in [-0.15, -0.1) is 11.3 Å². The number of anilines is 1. The molecule has 2 heterocycles.